The number of nitrogens with zero attached hydrogens (tertiary/aromatic N) is 2. The van der Waals surface area contributed by atoms with Gasteiger partial charge in [-0.05, 0) is 23.6 Å². The minimum absolute atomic E-state index is 0.126. The van der Waals surface area contributed by atoms with Gasteiger partial charge in [0.2, 0.25) is 5.88 Å². The minimum atomic E-state index is -0.470. The molecule has 0 saturated heterocycles. The molecule has 0 radical (unpaired) electrons. The first-order chi connectivity index (χ1) is 12.1. The Labute approximate surface area is 141 Å². The average Bonchev–Trinajstić information content (AvgIpc) is 2.60. The van der Waals surface area contributed by atoms with Crippen LogP contribution in [0.4, 0.5) is 15.9 Å². The number of carbonyl (C=O) groups is 1. The lowest BCUT2D eigenvalue weighted by Crippen LogP contribution is -2.26. The summed E-state index contributed by atoms with van der Waals surface area (Å²) in [4.78, 5) is 19.7. The molecule has 3 heterocycles. The number of amides is 1. The van der Waals surface area contributed by atoms with Crippen LogP contribution in [0.5, 0.6) is 11.6 Å². The minimum Gasteiger partial charge on any atom is -0.494 e. The fraction of sp³-hybridized carbons (Fsp3) is 0.118. The fourth-order valence-corrected chi connectivity index (χ4v) is 2.80. The molecule has 1 aromatic carbocycles. The number of rotatable bonds is 2. The number of halogens is 1. The number of nitrogens with two attached hydrogens (primary N) is 1. The molecule has 3 N–H and O–H groups in total. The second-order valence-corrected chi connectivity index (χ2v) is 5.51. The van der Waals surface area contributed by atoms with Crippen LogP contribution in [-0.4, -0.2) is 29.6 Å². The maximum atomic E-state index is 14.7. The number of nitrogens with one attached hydrogen (secondary N) is 1. The SMILES string of the molecule is COc1c(-c2cc3cc(N)ncc3cc2F)cnc2c1NC(=O)CO2. The third-order valence-corrected chi connectivity index (χ3v) is 3.92. The van der Waals surface area contributed by atoms with Crippen molar-refractivity contribution in [3.63, 3.8) is 0 Å². The number of ether oxygens (including phenoxy) is 2. The van der Waals surface area contributed by atoms with Gasteiger partial charge in [-0.25, -0.2) is 14.4 Å². The molecule has 0 atom stereocenters. The number of pyridine rings is 2. The van der Waals surface area contributed by atoms with Crippen LogP contribution in [0.2, 0.25) is 0 Å². The Bertz CT molecular complexity index is 1020. The molecule has 0 spiro atoms. The van der Waals surface area contributed by atoms with Crippen LogP contribution in [-0.2, 0) is 4.79 Å². The Kier molecular flexibility index (Phi) is 3.38. The number of fused-ring (bicyclic) bond motifs is 2. The Morgan fingerprint density at radius 1 is 1.20 bits per heavy atom. The average molecular weight is 340 g/mol. The molecule has 0 bridgehead atoms. The second kappa shape index (κ2) is 5.59. The van der Waals surface area contributed by atoms with Crippen molar-refractivity contribution in [2.75, 3.05) is 24.8 Å². The molecule has 3 aromatic rings. The smallest absolute Gasteiger partial charge is 0.262 e. The van der Waals surface area contributed by atoms with E-state index in [1.165, 1.54) is 25.6 Å². The molecule has 4 rings (SSSR count). The zero-order valence-electron chi connectivity index (χ0n) is 13.2. The first-order valence-corrected chi connectivity index (χ1v) is 7.41. The van der Waals surface area contributed by atoms with Crippen molar-refractivity contribution in [3.8, 4) is 22.8 Å². The van der Waals surface area contributed by atoms with E-state index < -0.39 is 5.82 Å². The molecule has 0 fully saturated rings. The summed E-state index contributed by atoms with van der Waals surface area (Å²) < 4.78 is 25.3. The summed E-state index contributed by atoms with van der Waals surface area (Å²) in [5.41, 5.74) is 6.65. The quantitative estimate of drug-likeness (QED) is 0.743. The van der Waals surface area contributed by atoms with Crippen molar-refractivity contribution >= 4 is 28.2 Å². The van der Waals surface area contributed by atoms with Crippen molar-refractivity contribution < 1.29 is 18.7 Å². The van der Waals surface area contributed by atoms with E-state index in [1.54, 1.807) is 12.1 Å². The number of anilines is 2. The maximum absolute atomic E-state index is 14.7. The molecule has 0 aliphatic carbocycles. The van der Waals surface area contributed by atoms with Gasteiger partial charge in [0.15, 0.2) is 12.4 Å². The Balaban J connectivity index is 1.95. The maximum Gasteiger partial charge on any atom is 0.262 e. The van der Waals surface area contributed by atoms with E-state index in [4.69, 9.17) is 15.2 Å². The van der Waals surface area contributed by atoms with Gasteiger partial charge >= 0.3 is 0 Å². The van der Waals surface area contributed by atoms with Crippen LogP contribution in [0, 0.1) is 5.82 Å². The van der Waals surface area contributed by atoms with Crippen LogP contribution in [0.15, 0.2) is 30.6 Å². The lowest BCUT2D eigenvalue weighted by Gasteiger charge is -2.21. The molecule has 0 unspecified atom stereocenters. The summed E-state index contributed by atoms with van der Waals surface area (Å²) in [6, 6.07) is 4.66. The summed E-state index contributed by atoms with van der Waals surface area (Å²) in [6.45, 7) is -0.126. The van der Waals surface area contributed by atoms with Crippen molar-refractivity contribution in [2.45, 2.75) is 0 Å². The highest BCUT2D eigenvalue weighted by Crippen LogP contribution is 2.43. The second-order valence-electron chi connectivity index (χ2n) is 5.51. The van der Waals surface area contributed by atoms with Crippen LogP contribution >= 0.6 is 0 Å². The third kappa shape index (κ3) is 2.47. The van der Waals surface area contributed by atoms with Gasteiger partial charge < -0.3 is 20.5 Å². The van der Waals surface area contributed by atoms with E-state index in [2.05, 4.69) is 15.3 Å². The van der Waals surface area contributed by atoms with Gasteiger partial charge in [0.1, 0.15) is 17.3 Å². The molecule has 8 heteroatoms. The number of hydrogen-bond acceptors (Lipinski definition) is 6. The highest BCUT2D eigenvalue weighted by atomic mass is 19.1. The zero-order valence-corrected chi connectivity index (χ0v) is 13.2. The van der Waals surface area contributed by atoms with Gasteiger partial charge in [0, 0.05) is 28.9 Å². The largest absolute Gasteiger partial charge is 0.494 e. The van der Waals surface area contributed by atoms with Gasteiger partial charge in [0.05, 0.1) is 7.11 Å². The Morgan fingerprint density at radius 3 is 2.84 bits per heavy atom. The molecule has 25 heavy (non-hydrogen) atoms. The van der Waals surface area contributed by atoms with Crippen molar-refractivity contribution in [1.82, 2.24) is 9.97 Å². The van der Waals surface area contributed by atoms with Crippen molar-refractivity contribution in [2.24, 2.45) is 0 Å². The molecule has 1 amide bonds. The molecule has 0 saturated carbocycles. The highest BCUT2D eigenvalue weighted by Gasteiger charge is 2.25. The molecule has 1 aliphatic heterocycles. The summed E-state index contributed by atoms with van der Waals surface area (Å²) >= 11 is 0. The first-order valence-electron chi connectivity index (χ1n) is 7.41. The number of aromatic nitrogens is 2. The number of hydrogen-bond donors (Lipinski definition) is 2. The Hall–Kier alpha value is -3.42. The fourth-order valence-electron chi connectivity index (χ4n) is 2.80. The van der Waals surface area contributed by atoms with E-state index >= 15 is 0 Å². The molecule has 2 aromatic heterocycles. The van der Waals surface area contributed by atoms with Crippen LogP contribution in [0.1, 0.15) is 0 Å². The van der Waals surface area contributed by atoms with E-state index in [0.717, 1.165) is 5.39 Å². The molecular weight excluding hydrogens is 327 g/mol. The summed E-state index contributed by atoms with van der Waals surface area (Å²) in [5, 5.41) is 4.00. The first kappa shape index (κ1) is 15.1. The predicted octanol–water partition coefficient (Wildman–Crippen LogP) is 2.36. The lowest BCUT2D eigenvalue weighted by atomic mass is 10.0. The van der Waals surface area contributed by atoms with Crippen LogP contribution in [0.3, 0.4) is 0 Å². The number of carbonyl (C=O) groups excluding carboxylic acids is 1. The molecular formula is C17H13FN4O3. The zero-order chi connectivity index (χ0) is 17.6. The molecule has 1 aliphatic rings. The number of nitrogen functional groups attached to an aromatic ring is 1. The van der Waals surface area contributed by atoms with Gasteiger partial charge in [-0.15, -0.1) is 0 Å². The predicted molar refractivity (Wildman–Crippen MR) is 90.0 cm³/mol. The van der Waals surface area contributed by atoms with E-state index in [-0.39, 0.29) is 35.4 Å². The van der Waals surface area contributed by atoms with E-state index in [9.17, 15) is 9.18 Å². The van der Waals surface area contributed by atoms with E-state index in [1.807, 2.05) is 0 Å². The van der Waals surface area contributed by atoms with Crippen molar-refractivity contribution in [1.29, 1.82) is 0 Å². The summed E-state index contributed by atoms with van der Waals surface area (Å²) in [7, 11) is 1.43. The normalized spacial score (nSPS) is 13.1. The molecule has 126 valence electrons. The summed E-state index contributed by atoms with van der Waals surface area (Å²) in [6.07, 6.45) is 2.96. The topological polar surface area (TPSA) is 99.4 Å². The number of methoxy groups -OCH3 is 1. The van der Waals surface area contributed by atoms with Gasteiger partial charge in [-0.1, -0.05) is 0 Å². The van der Waals surface area contributed by atoms with Gasteiger partial charge in [-0.2, -0.15) is 0 Å². The van der Waals surface area contributed by atoms with Gasteiger partial charge in [0.25, 0.3) is 5.91 Å². The van der Waals surface area contributed by atoms with Crippen LogP contribution < -0.4 is 20.5 Å². The summed E-state index contributed by atoms with van der Waals surface area (Å²) in [5.74, 6) is 0.0409. The van der Waals surface area contributed by atoms with Crippen molar-refractivity contribution in [3.05, 3.63) is 36.4 Å². The monoisotopic (exact) mass is 340 g/mol. The van der Waals surface area contributed by atoms with Gasteiger partial charge in [-0.3, -0.25) is 4.79 Å². The lowest BCUT2D eigenvalue weighted by molar-refractivity contribution is -0.118. The van der Waals surface area contributed by atoms with Crippen LogP contribution in [0.25, 0.3) is 21.9 Å². The standard InChI is InChI=1S/C17H13FN4O3/c1-24-16-11(6-21-17-15(16)22-14(23)7-25-17)10-2-8-4-13(19)20-5-9(8)3-12(10)18/h2-6H,7H2,1H3,(H2,19,20)(H,22,23). The third-order valence-electron chi connectivity index (χ3n) is 3.92. The highest BCUT2D eigenvalue weighted by molar-refractivity contribution is 5.99. The van der Waals surface area contributed by atoms with E-state index in [0.29, 0.717) is 16.8 Å². The number of benzene rings is 1. The molecule has 7 nitrogen and oxygen atoms in total. The Morgan fingerprint density at radius 2 is 2.04 bits per heavy atom.